The first kappa shape index (κ1) is 22.3. The Balaban J connectivity index is 1.23. The second-order valence-electron chi connectivity index (χ2n) is 10.3. The van der Waals surface area contributed by atoms with E-state index in [4.69, 9.17) is 0 Å². The number of benzene rings is 1. The second-order valence-corrected chi connectivity index (χ2v) is 10.3. The van der Waals surface area contributed by atoms with Crippen LogP contribution in [-0.2, 0) is 11.2 Å². The van der Waals surface area contributed by atoms with Gasteiger partial charge in [0.2, 0.25) is 5.91 Å². The molecule has 1 aromatic carbocycles. The molecule has 1 amide bonds. The lowest BCUT2D eigenvalue weighted by Crippen LogP contribution is -2.44. The molecule has 7 nitrogen and oxygen atoms in total. The van der Waals surface area contributed by atoms with Crippen LogP contribution >= 0.6 is 0 Å². The number of H-pyrrole nitrogens is 2. The predicted octanol–water partition coefficient (Wildman–Crippen LogP) is 4.72. The van der Waals surface area contributed by atoms with Crippen molar-refractivity contribution < 1.29 is 4.79 Å². The standard InChI is InChI=1S/C28H34N6O/c1-3-21-23-16-20(18-9-14-34(15-10-18)28(35)19-7-12-33(2)13-8-19)4-5-25(23)31-26(21)22-6-11-29-27-24(22)17-30-32-27/h4-6,11,16-19,31H,3,7-10,12-15H2,1-2H3,(H,29,30,32). The quantitative estimate of drug-likeness (QED) is 0.452. The van der Waals surface area contributed by atoms with Crippen molar-refractivity contribution in [2.75, 3.05) is 33.2 Å². The van der Waals surface area contributed by atoms with Gasteiger partial charge < -0.3 is 14.8 Å². The summed E-state index contributed by atoms with van der Waals surface area (Å²) >= 11 is 0. The molecular formula is C28H34N6O. The minimum absolute atomic E-state index is 0.222. The predicted molar refractivity (Wildman–Crippen MR) is 139 cm³/mol. The fourth-order valence-corrected chi connectivity index (χ4v) is 6.13. The number of carbonyl (C=O) groups is 1. The third-order valence-corrected chi connectivity index (χ3v) is 8.25. The number of pyridine rings is 1. The van der Waals surface area contributed by atoms with Gasteiger partial charge in [-0.15, -0.1) is 0 Å². The molecule has 35 heavy (non-hydrogen) atoms. The van der Waals surface area contributed by atoms with Crippen LogP contribution in [0.15, 0.2) is 36.7 Å². The molecule has 2 aliphatic heterocycles. The number of amides is 1. The molecule has 2 saturated heterocycles. The molecule has 0 radical (unpaired) electrons. The topological polar surface area (TPSA) is 80.9 Å². The van der Waals surface area contributed by atoms with Crippen LogP contribution in [0.5, 0.6) is 0 Å². The number of piperidine rings is 2. The number of hydrogen-bond donors (Lipinski definition) is 2. The summed E-state index contributed by atoms with van der Waals surface area (Å²) < 4.78 is 0. The molecule has 0 aliphatic carbocycles. The molecule has 3 aromatic heterocycles. The summed E-state index contributed by atoms with van der Waals surface area (Å²) in [6.07, 6.45) is 8.74. The molecular weight excluding hydrogens is 436 g/mol. The Morgan fingerprint density at radius 2 is 1.86 bits per heavy atom. The number of nitrogens with one attached hydrogen (secondary N) is 2. The van der Waals surface area contributed by atoms with E-state index in [0.29, 0.717) is 11.8 Å². The van der Waals surface area contributed by atoms with E-state index in [1.807, 2.05) is 12.4 Å². The van der Waals surface area contributed by atoms with E-state index < -0.39 is 0 Å². The number of likely N-dealkylation sites (tertiary alicyclic amines) is 2. The van der Waals surface area contributed by atoms with E-state index in [1.165, 1.54) is 22.0 Å². The SMILES string of the molecule is CCc1c(-c2ccnc3[nH]ncc23)[nH]c2ccc(C3CCN(C(=O)C4CCN(C)CC4)CC3)cc12. The number of nitrogens with zero attached hydrogens (tertiary/aromatic N) is 4. The van der Waals surface area contributed by atoms with Crippen molar-refractivity contribution in [1.82, 2.24) is 30.0 Å². The van der Waals surface area contributed by atoms with Gasteiger partial charge in [0.15, 0.2) is 5.65 Å². The van der Waals surface area contributed by atoms with Crippen LogP contribution in [0, 0.1) is 5.92 Å². The molecule has 5 heterocycles. The number of aryl methyl sites for hydroxylation is 1. The van der Waals surface area contributed by atoms with E-state index in [2.05, 4.69) is 68.2 Å². The molecule has 0 bridgehead atoms. The fraction of sp³-hybridized carbons (Fsp3) is 0.464. The highest BCUT2D eigenvalue weighted by Gasteiger charge is 2.30. The molecule has 0 spiro atoms. The van der Waals surface area contributed by atoms with Crippen LogP contribution in [0.2, 0.25) is 0 Å². The smallest absolute Gasteiger partial charge is 0.225 e. The van der Waals surface area contributed by atoms with Gasteiger partial charge in [-0.1, -0.05) is 13.0 Å². The minimum atomic E-state index is 0.222. The Bertz CT molecular complexity index is 1350. The van der Waals surface area contributed by atoms with Gasteiger partial charge in [0.05, 0.1) is 11.9 Å². The third-order valence-electron chi connectivity index (χ3n) is 8.25. The average Bonchev–Trinajstić information content (AvgIpc) is 3.53. The summed E-state index contributed by atoms with van der Waals surface area (Å²) in [7, 11) is 2.15. The van der Waals surface area contributed by atoms with Crippen molar-refractivity contribution in [1.29, 1.82) is 0 Å². The molecule has 0 atom stereocenters. The number of carbonyl (C=O) groups excluding carboxylic acids is 1. The van der Waals surface area contributed by atoms with Crippen LogP contribution in [-0.4, -0.2) is 69.1 Å². The van der Waals surface area contributed by atoms with Crippen molar-refractivity contribution in [2.45, 2.75) is 44.9 Å². The lowest BCUT2D eigenvalue weighted by Gasteiger charge is -2.36. The Morgan fingerprint density at radius 3 is 2.63 bits per heavy atom. The van der Waals surface area contributed by atoms with Gasteiger partial charge in [0.1, 0.15) is 0 Å². The van der Waals surface area contributed by atoms with Crippen LogP contribution in [0.25, 0.3) is 33.2 Å². The van der Waals surface area contributed by atoms with Gasteiger partial charge in [0.25, 0.3) is 0 Å². The largest absolute Gasteiger partial charge is 0.354 e. The van der Waals surface area contributed by atoms with Crippen molar-refractivity contribution in [3.63, 3.8) is 0 Å². The highest BCUT2D eigenvalue weighted by atomic mass is 16.2. The lowest BCUT2D eigenvalue weighted by atomic mass is 9.87. The molecule has 4 aromatic rings. The summed E-state index contributed by atoms with van der Waals surface area (Å²) in [5.41, 5.74) is 7.01. The van der Waals surface area contributed by atoms with Gasteiger partial charge in [-0.25, -0.2) is 4.98 Å². The summed E-state index contributed by atoms with van der Waals surface area (Å²) in [5.74, 6) is 1.11. The number of aromatic amines is 2. The van der Waals surface area contributed by atoms with Crippen LogP contribution < -0.4 is 0 Å². The van der Waals surface area contributed by atoms with Gasteiger partial charge in [-0.3, -0.25) is 9.89 Å². The molecule has 0 unspecified atom stereocenters. The van der Waals surface area contributed by atoms with Crippen LogP contribution in [0.1, 0.15) is 49.7 Å². The fourth-order valence-electron chi connectivity index (χ4n) is 6.13. The molecule has 2 fully saturated rings. The van der Waals surface area contributed by atoms with Crippen molar-refractivity contribution in [3.8, 4) is 11.3 Å². The molecule has 2 N–H and O–H groups in total. The number of rotatable bonds is 4. The first-order chi connectivity index (χ1) is 17.1. The zero-order valence-corrected chi connectivity index (χ0v) is 20.7. The first-order valence-corrected chi connectivity index (χ1v) is 13.0. The van der Waals surface area contributed by atoms with Crippen molar-refractivity contribution in [3.05, 3.63) is 47.8 Å². The highest BCUT2D eigenvalue weighted by molar-refractivity contribution is 5.98. The Kier molecular flexibility index (Phi) is 5.80. The summed E-state index contributed by atoms with van der Waals surface area (Å²) in [6.45, 7) is 6.05. The van der Waals surface area contributed by atoms with Crippen LogP contribution in [0.3, 0.4) is 0 Å². The number of hydrogen-bond acceptors (Lipinski definition) is 4. The summed E-state index contributed by atoms with van der Waals surface area (Å²) in [6, 6.07) is 8.97. The highest BCUT2D eigenvalue weighted by Crippen LogP contribution is 2.37. The Hall–Kier alpha value is -3.19. The maximum absolute atomic E-state index is 13.1. The normalized spacial score (nSPS) is 18.6. The van der Waals surface area contributed by atoms with E-state index in [1.54, 1.807) is 0 Å². The number of aromatic nitrogens is 4. The molecule has 182 valence electrons. The minimum Gasteiger partial charge on any atom is -0.354 e. The Labute approximate surface area is 205 Å². The summed E-state index contributed by atoms with van der Waals surface area (Å²) in [4.78, 5) is 25.6. The van der Waals surface area contributed by atoms with Crippen LogP contribution in [0.4, 0.5) is 0 Å². The zero-order chi connectivity index (χ0) is 23.9. The van der Waals surface area contributed by atoms with Crippen molar-refractivity contribution in [2.24, 2.45) is 5.92 Å². The molecule has 2 aliphatic rings. The monoisotopic (exact) mass is 470 g/mol. The molecule has 7 heteroatoms. The third kappa shape index (κ3) is 4.01. The van der Waals surface area contributed by atoms with Gasteiger partial charge in [-0.05, 0) is 87.5 Å². The second kappa shape index (κ2) is 9.11. The molecule has 0 saturated carbocycles. The molecule has 6 rings (SSSR count). The van der Waals surface area contributed by atoms with Gasteiger partial charge in [0, 0.05) is 47.1 Å². The van der Waals surface area contributed by atoms with Crippen molar-refractivity contribution >= 4 is 27.8 Å². The van der Waals surface area contributed by atoms with E-state index in [0.717, 1.165) is 80.6 Å². The van der Waals surface area contributed by atoms with E-state index in [-0.39, 0.29) is 5.92 Å². The first-order valence-electron chi connectivity index (χ1n) is 13.0. The summed E-state index contributed by atoms with van der Waals surface area (Å²) in [5, 5.41) is 9.52. The van der Waals surface area contributed by atoms with Gasteiger partial charge >= 0.3 is 0 Å². The average molecular weight is 471 g/mol. The Morgan fingerprint density at radius 1 is 1.06 bits per heavy atom. The maximum atomic E-state index is 13.1. The van der Waals surface area contributed by atoms with E-state index >= 15 is 0 Å². The van der Waals surface area contributed by atoms with E-state index in [9.17, 15) is 4.79 Å². The number of fused-ring (bicyclic) bond motifs is 2. The van der Waals surface area contributed by atoms with Gasteiger partial charge in [-0.2, -0.15) is 5.10 Å². The maximum Gasteiger partial charge on any atom is 0.225 e. The lowest BCUT2D eigenvalue weighted by molar-refractivity contribution is -0.138. The zero-order valence-electron chi connectivity index (χ0n) is 20.7.